The Labute approximate surface area is 208 Å². The highest BCUT2D eigenvalue weighted by Gasteiger charge is 2.48. The molecule has 0 radical (unpaired) electrons. The summed E-state index contributed by atoms with van der Waals surface area (Å²) >= 11 is 0. The maximum atomic E-state index is 13.2. The molecule has 4 aromatic rings. The van der Waals surface area contributed by atoms with Crippen LogP contribution < -0.4 is 5.32 Å². The van der Waals surface area contributed by atoms with Crippen molar-refractivity contribution in [3.05, 3.63) is 48.3 Å². The van der Waals surface area contributed by atoms with Gasteiger partial charge in [0.1, 0.15) is 34.7 Å². The van der Waals surface area contributed by atoms with Gasteiger partial charge in [0.15, 0.2) is 5.65 Å². The summed E-state index contributed by atoms with van der Waals surface area (Å²) in [6, 6.07) is 6.00. The highest BCUT2D eigenvalue weighted by Crippen LogP contribution is 2.43. The Balaban J connectivity index is 1.49. The summed E-state index contributed by atoms with van der Waals surface area (Å²) in [5, 5.41) is 3.08. The number of nitrogens with one attached hydrogen (secondary N) is 1. The first-order valence-corrected chi connectivity index (χ1v) is 12.2. The Hall–Kier alpha value is -3.76. The van der Waals surface area contributed by atoms with Crippen LogP contribution in [0.15, 0.2) is 36.9 Å². The summed E-state index contributed by atoms with van der Waals surface area (Å²) in [4.78, 5) is 38.3. The van der Waals surface area contributed by atoms with E-state index in [0.717, 1.165) is 39.5 Å². The summed E-state index contributed by atoms with van der Waals surface area (Å²) in [6.07, 6.45) is 5.20. The molecule has 0 bridgehead atoms. The van der Waals surface area contributed by atoms with E-state index in [2.05, 4.69) is 43.1 Å². The number of anilines is 1. The van der Waals surface area contributed by atoms with Crippen LogP contribution in [0.1, 0.15) is 32.2 Å². The number of fused-ring (bicyclic) bond motifs is 2. The van der Waals surface area contributed by atoms with Crippen LogP contribution in [0, 0.1) is 6.92 Å². The normalized spacial score (nSPS) is 22.1. The van der Waals surface area contributed by atoms with Crippen LogP contribution in [-0.4, -0.2) is 66.1 Å². The van der Waals surface area contributed by atoms with Crippen LogP contribution in [0.3, 0.4) is 0 Å². The molecule has 0 aliphatic carbocycles. The maximum absolute atomic E-state index is 13.2. The fraction of sp³-hybridized carbons (Fsp3) is 0.385. The van der Waals surface area contributed by atoms with Gasteiger partial charge in [-0.15, -0.1) is 0 Å². The third-order valence-electron chi connectivity index (χ3n) is 7.27. The van der Waals surface area contributed by atoms with E-state index >= 15 is 0 Å². The molecule has 1 amide bonds. The number of aromatic nitrogens is 6. The van der Waals surface area contributed by atoms with E-state index in [1.165, 1.54) is 0 Å². The summed E-state index contributed by atoms with van der Waals surface area (Å²) < 4.78 is 7.78. The summed E-state index contributed by atoms with van der Waals surface area (Å²) in [5.41, 5.74) is 4.86. The zero-order valence-electron chi connectivity index (χ0n) is 20.8. The van der Waals surface area contributed by atoms with Crippen molar-refractivity contribution in [3.63, 3.8) is 0 Å². The lowest BCUT2D eigenvalue weighted by molar-refractivity contribution is -0.132. The van der Waals surface area contributed by atoms with Gasteiger partial charge in [0, 0.05) is 48.8 Å². The van der Waals surface area contributed by atoms with Gasteiger partial charge in [-0.3, -0.25) is 9.69 Å². The summed E-state index contributed by atoms with van der Waals surface area (Å²) in [5.74, 6) is 1.44. The zero-order valence-corrected chi connectivity index (χ0v) is 20.8. The molecule has 2 aliphatic heterocycles. The Morgan fingerprint density at radius 1 is 1.17 bits per heavy atom. The van der Waals surface area contributed by atoms with Gasteiger partial charge in [0.2, 0.25) is 5.91 Å². The van der Waals surface area contributed by atoms with Crippen molar-refractivity contribution in [2.45, 2.75) is 45.9 Å². The fourth-order valence-corrected chi connectivity index (χ4v) is 5.28. The van der Waals surface area contributed by atoms with Crippen molar-refractivity contribution in [1.29, 1.82) is 0 Å². The molecule has 5 heterocycles. The minimum absolute atomic E-state index is 0.0199. The van der Waals surface area contributed by atoms with E-state index in [9.17, 15) is 4.79 Å². The number of carbonyl (C=O) groups excluding carboxylic acids is 1. The van der Waals surface area contributed by atoms with Gasteiger partial charge in [-0.25, -0.2) is 24.9 Å². The Morgan fingerprint density at radius 2 is 1.97 bits per heavy atom. The molecule has 1 unspecified atom stereocenters. The Bertz CT molecular complexity index is 1480. The van der Waals surface area contributed by atoms with Crippen LogP contribution in [0.2, 0.25) is 0 Å². The summed E-state index contributed by atoms with van der Waals surface area (Å²) in [6.45, 7) is 10.6. The third kappa shape index (κ3) is 3.40. The zero-order chi connectivity index (χ0) is 25.0. The van der Waals surface area contributed by atoms with Crippen LogP contribution in [0.4, 0.5) is 5.69 Å². The van der Waals surface area contributed by atoms with E-state index < -0.39 is 5.54 Å². The molecule has 184 valence electrons. The maximum Gasteiger partial charge on any atom is 0.249 e. The number of imidazole rings is 1. The first-order chi connectivity index (χ1) is 17.4. The number of aryl methyl sites for hydroxylation is 2. The SMILES string of the molecule is CCn1c(-c2cnc(C)nc2)nc2c(-c3ccc4c(c3)C(C)(N3CCO[C@H](C)C3)C(=O)N4)ncnc21. The Kier molecular flexibility index (Phi) is 5.31. The molecule has 0 spiro atoms. The number of amides is 1. The van der Waals surface area contributed by atoms with Gasteiger partial charge in [-0.1, -0.05) is 6.07 Å². The minimum atomic E-state index is -0.789. The van der Waals surface area contributed by atoms with E-state index in [0.29, 0.717) is 37.6 Å². The van der Waals surface area contributed by atoms with Crippen molar-refractivity contribution in [1.82, 2.24) is 34.4 Å². The van der Waals surface area contributed by atoms with Gasteiger partial charge >= 0.3 is 0 Å². The molecule has 2 atom stereocenters. The number of rotatable bonds is 4. The highest BCUT2D eigenvalue weighted by molar-refractivity contribution is 6.06. The van der Waals surface area contributed by atoms with Crippen molar-refractivity contribution >= 4 is 22.8 Å². The largest absolute Gasteiger partial charge is 0.376 e. The van der Waals surface area contributed by atoms with Crippen LogP contribution in [0.5, 0.6) is 0 Å². The molecule has 10 nitrogen and oxygen atoms in total. The molecule has 6 rings (SSSR count). The average Bonchev–Trinajstić information content (AvgIpc) is 3.39. The lowest BCUT2D eigenvalue weighted by Gasteiger charge is -2.41. The number of carbonyl (C=O) groups is 1. The first-order valence-electron chi connectivity index (χ1n) is 12.2. The second-order valence-corrected chi connectivity index (χ2v) is 9.51. The van der Waals surface area contributed by atoms with Gasteiger partial charge in [-0.05, 0) is 39.8 Å². The van der Waals surface area contributed by atoms with Gasteiger partial charge < -0.3 is 14.6 Å². The number of benzene rings is 1. The van der Waals surface area contributed by atoms with Crippen molar-refractivity contribution < 1.29 is 9.53 Å². The second kappa shape index (κ2) is 8.42. The molecular weight excluding hydrogens is 456 g/mol. The van der Waals surface area contributed by atoms with Crippen molar-refractivity contribution in [3.8, 4) is 22.6 Å². The number of ether oxygens (including phenoxy) is 1. The number of hydrogen-bond acceptors (Lipinski definition) is 8. The van der Waals surface area contributed by atoms with Crippen LogP contribution >= 0.6 is 0 Å². The average molecular weight is 485 g/mol. The van der Waals surface area contributed by atoms with Gasteiger partial charge in [0.05, 0.1) is 18.3 Å². The minimum Gasteiger partial charge on any atom is -0.376 e. The van der Waals surface area contributed by atoms with Crippen LogP contribution in [-0.2, 0) is 21.6 Å². The highest BCUT2D eigenvalue weighted by atomic mass is 16.5. The summed E-state index contributed by atoms with van der Waals surface area (Å²) in [7, 11) is 0. The lowest BCUT2D eigenvalue weighted by Crippen LogP contribution is -2.55. The van der Waals surface area contributed by atoms with Crippen molar-refractivity contribution in [2.75, 3.05) is 25.0 Å². The number of morpholine rings is 1. The van der Waals surface area contributed by atoms with Crippen molar-refractivity contribution in [2.24, 2.45) is 0 Å². The Morgan fingerprint density at radius 3 is 2.72 bits per heavy atom. The predicted octanol–water partition coefficient (Wildman–Crippen LogP) is 3.17. The smallest absolute Gasteiger partial charge is 0.249 e. The second-order valence-electron chi connectivity index (χ2n) is 9.51. The molecular formula is C26H28N8O2. The molecule has 2 aliphatic rings. The third-order valence-corrected chi connectivity index (χ3v) is 7.27. The standard InChI is InChI=1S/C26H28N8O2/c1-5-34-23(18-11-27-16(3)28-12-18)32-22-21(29-14-30-24(22)34)17-6-7-20-19(10-17)26(4,25(35)31-20)33-8-9-36-15(2)13-33/h6-7,10-12,14-15H,5,8-9,13H2,1-4H3,(H,31,35)/t15-,26?/m1/s1. The van der Waals surface area contributed by atoms with Crippen LogP contribution in [0.25, 0.3) is 33.8 Å². The molecule has 36 heavy (non-hydrogen) atoms. The number of nitrogens with zero attached hydrogens (tertiary/aromatic N) is 7. The molecule has 1 fully saturated rings. The molecule has 1 saturated heterocycles. The van der Waals surface area contributed by atoms with Gasteiger partial charge in [-0.2, -0.15) is 0 Å². The predicted molar refractivity (Wildman–Crippen MR) is 135 cm³/mol. The lowest BCUT2D eigenvalue weighted by atomic mass is 9.89. The van der Waals surface area contributed by atoms with E-state index in [4.69, 9.17) is 9.72 Å². The van der Waals surface area contributed by atoms with E-state index in [1.807, 2.05) is 37.5 Å². The monoisotopic (exact) mass is 484 g/mol. The molecule has 3 aromatic heterocycles. The van der Waals surface area contributed by atoms with Gasteiger partial charge in [0.25, 0.3) is 0 Å². The quantitative estimate of drug-likeness (QED) is 0.470. The topological polar surface area (TPSA) is 111 Å². The fourth-order valence-electron chi connectivity index (χ4n) is 5.28. The molecule has 1 aromatic carbocycles. The van der Waals surface area contributed by atoms with E-state index in [-0.39, 0.29) is 12.0 Å². The molecule has 1 N–H and O–H groups in total. The number of hydrogen-bond donors (Lipinski definition) is 1. The molecule has 10 heteroatoms. The van der Waals surface area contributed by atoms with E-state index in [1.54, 1.807) is 18.7 Å². The first kappa shape index (κ1) is 22.7. The molecule has 0 saturated carbocycles.